The van der Waals surface area contributed by atoms with E-state index >= 15 is 0 Å². The Morgan fingerprint density at radius 3 is 2.37 bits per heavy atom. The van der Waals surface area contributed by atoms with E-state index in [-0.39, 0.29) is 17.9 Å². The molecule has 1 N–H and O–H groups in total. The first-order chi connectivity index (χ1) is 9.16. The quantitative estimate of drug-likeness (QED) is 0.843. The maximum atomic E-state index is 12.0. The Labute approximate surface area is 112 Å². The predicted octanol–water partition coefficient (Wildman–Crippen LogP) is 2.17. The van der Waals surface area contributed by atoms with Crippen molar-refractivity contribution in [1.82, 2.24) is 4.90 Å². The van der Waals surface area contributed by atoms with Crippen LogP contribution in [0.1, 0.15) is 24.8 Å². The van der Waals surface area contributed by atoms with E-state index < -0.39 is 5.97 Å². The van der Waals surface area contributed by atoms with Crippen molar-refractivity contribution >= 4 is 18.0 Å². The van der Waals surface area contributed by atoms with Gasteiger partial charge in [-0.15, -0.1) is 0 Å². The Balaban J connectivity index is 2.10. The monoisotopic (exact) mass is 259 g/mol. The summed E-state index contributed by atoms with van der Waals surface area (Å²) in [5.41, 5.74) is 0.942. The fraction of sp³-hybridized carbons (Fsp3) is 0.333. The summed E-state index contributed by atoms with van der Waals surface area (Å²) in [5.74, 6) is -1.13. The number of hydrogen-bond acceptors (Lipinski definition) is 2. The zero-order chi connectivity index (χ0) is 13.7. The van der Waals surface area contributed by atoms with Gasteiger partial charge < -0.3 is 10.0 Å². The van der Waals surface area contributed by atoms with Gasteiger partial charge in [0, 0.05) is 18.7 Å². The van der Waals surface area contributed by atoms with Gasteiger partial charge in [-0.1, -0.05) is 30.3 Å². The number of carbonyl (C=O) groups excluding carboxylic acids is 1. The molecule has 1 aromatic rings. The van der Waals surface area contributed by atoms with Crippen LogP contribution >= 0.6 is 0 Å². The molecule has 1 aliphatic rings. The van der Waals surface area contributed by atoms with Crippen molar-refractivity contribution in [1.29, 1.82) is 0 Å². The molecule has 0 spiro atoms. The number of aliphatic carboxylic acids is 1. The summed E-state index contributed by atoms with van der Waals surface area (Å²) in [7, 11) is 0. The molecule has 1 aromatic carbocycles. The minimum Gasteiger partial charge on any atom is -0.478 e. The summed E-state index contributed by atoms with van der Waals surface area (Å²) >= 11 is 0. The maximum Gasteiger partial charge on any atom is 0.332 e. The van der Waals surface area contributed by atoms with Crippen LogP contribution in [0.4, 0.5) is 0 Å². The Morgan fingerprint density at radius 1 is 1.16 bits per heavy atom. The lowest BCUT2D eigenvalue weighted by atomic mass is 10.1. The summed E-state index contributed by atoms with van der Waals surface area (Å²) < 4.78 is 0. The largest absolute Gasteiger partial charge is 0.478 e. The van der Waals surface area contributed by atoms with E-state index in [1.807, 2.05) is 30.3 Å². The van der Waals surface area contributed by atoms with Crippen LogP contribution in [0.25, 0.3) is 6.08 Å². The lowest BCUT2D eigenvalue weighted by Gasteiger charge is -2.15. The Bertz CT molecular complexity index is 487. The van der Waals surface area contributed by atoms with Gasteiger partial charge in [0.2, 0.25) is 5.91 Å². The van der Waals surface area contributed by atoms with E-state index in [1.54, 1.807) is 11.0 Å². The summed E-state index contributed by atoms with van der Waals surface area (Å²) in [6.07, 6.45) is 3.55. The van der Waals surface area contributed by atoms with Crippen LogP contribution < -0.4 is 0 Å². The highest BCUT2D eigenvalue weighted by atomic mass is 16.4. The first-order valence-corrected chi connectivity index (χ1v) is 6.43. The van der Waals surface area contributed by atoms with Crippen molar-refractivity contribution < 1.29 is 14.7 Å². The molecule has 0 bridgehead atoms. The van der Waals surface area contributed by atoms with Gasteiger partial charge in [0.15, 0.2) is 0 Å². The van der Waals surface area contributed by atoms with Crippen LogP contribution in [0.3, 0.4) is 0 Å². The maximum absolute atomic E-state index is 12.0. The lowest BCUT2D eigenvalue weighted by Crippen LogP contribution is -2.28. The molecule has 0 unspecified atom stereocenters. The average molecular weight is 259 g/mol. The van der Waals surface area contributed by atoms with Crippen LogP contribution in [0.15, 0.2) is 35.9 Å². The molecular weight excluding hydrogens is 242 g/mol. The number of carboxylic acid groups (broad SMARTS) is 1. The molecule has 100 valence electrons. The van der Waals surface area contributed by atoms with Gasteiger partial charge in [-0.2, -0.15) is 0 Å². The van der Waals surface area contributed by atoms with Crippen molar-refractivity contribution in [3.63, 3.8) is 0 Å². The van der Waals surface area contributed by atoms with E-state index in [9.17, 15) is 14.7 Å². The topological polar surface area (TPSA) is 57.6 Å². The van der Waals surface area contributed by atoms with Crippen molar-refractivity contribution in [3.05, 3.63) is 41.5 Å². The molecule has 0 aliphatic carbocycles. The fourth-order valence-corrected chi connectivity index (χ4v) is 2.18. The second-order valence-corrected chi connectivity index (χ2v) is 4.65. The van der Waals surface area contributed by atoms with E-state index in [2.05, 4.69) is 0 Å². The van der Waals surface area contributed by atoms with Gasteiger partial charge in [0.1, 0.15) is 0 Å². The van der Waals surface area contributed by atoms with Crippen molar-refractivity contribution in [3.8, 4) is 0 Å². The van der Waals surface area contributed by atoms with Crippen LogP contribution in [0.2, 0.25) is 0 Å². The van der Waals surface area contributed by atoms with E-state index in [0.29, 0.717) is 0 Å². The molecule has 0 radical (unpaired) electrons. The third-order valence-electron chi connectivity index (χ3n) is 3.22. The molecule has 2 rings (SSSR count). The van der Waals surface area contributed by atoms with Gasteiger partial charge in [0.05, 0.1) is 6.42 Å². The molecule has 1 heterocycles. The second-order valence-electron chi connectivity index (χ2n) is 4.65. The number of rotatable bonds is 4. The molecule has 1 aliphatic heterocycles. The number of likely N-dealkylation sites (tertiary alicyclic amines) is 1. The predicted molar refractivity (Wildman–Crippen MR) is 72.5 cm³/mol. The highest BCUT2D eigenvalue weighted by molar-refractivity contribution is 5.98. The third-order valence-corrected chi connectivity index (χ3v) is 3.22. The highest BCUT2D eigenvalue weighted by Crippen LogP contribution is 2.15. The minimum atomic E-state index is -1.03. The molecule has 0 saturated carbocycles. The Kier molecular flexibility index (Phi) is 4.34. The summed E-state index contributed by atoms with van der Waals surface area (Å²) in [6, 6.07) is 9.20. The number of carboxylic acids is 1. The molecule has 0 atom stereocenters. The molecule has 19 heavy (non-hydrogen) atoms. The normalized spacial score (nSPS) is 15.6. The van der Waals surface area contributed by atoms with Crippen LogP contribution in [-0.4, -0.2) is 35.0 Å². The first-order valence-electron chi connectivity index (χ1n) is 6.43. The number of benzene rings is 1. The Hall–Kier alpha value is -2.10. The smallest absolute Gasteiger partial charge is 0.332 e. The minimum absolute atomic E-state index is 0.0375. The summed E-state index contributed by atoms with van der Waals surface area (Å²) in [5, 5.41) is 9.19. The van der Waals surface area contributed by atoms with Crippen LogP contribution in [0, 0.1) is 0 Å². The average Bonchev–Trinajstić information content (AvgIpc) is 2.93. The number of nitrogens with zero attached hydrogens (tertiary/aromatic N) is 1. The number of amides is 1. The molecule has 4 nitrogen and oxygen atoms in total. The van der Waals surface area contributed by atoms with Crippen molar-refractivity contribution in [2.75, 3.05) is 13.1 Å². The molecule has 1 fully saturated rings. The van der Waals surface area contributed by atoms with Gasteiger partial charge in [-0.25, -0.2) is 4.79 Å². The fourth-order valence-electron chi connectivity index (χ4n) is 2.18. The highest BCUT2D eigenvalue weighted by Gasteiger charge is 2.21. The number of hydrogen-bond donors (Lipinski definition) is 1. The zero-order valence-electron chi connectivity index (χ0n) is 10.7. The third kappa shape index (κ3) is 3.68. The van der Waals surface area contributed by atoms with Crippen LogP contribution in [-0.2, 0) is 9.59 Å². The van der Waals surface area contributed by atoms with Gasteiger partial charge in [-0.05, 0) is 24.5 Å². The van der Waals surface area contributed by atoms with Gasteiger partial charge >= 0.3 is 5.97 Å². The standard InChI is InChI=1S/C15H17NO3/c17-14(16-8-4-5-9-16)11-13(15(18)19)10-12-6-2-1-3-7-12/h1-3,6-7,10H,4-5,8-9,11H2,(H,18,19). The summed E-state index contributed by atoms with van der Waals surface area (Å²) in [6.45, 7) is 1.49. The molecule has 4 heteroatoms. The molecule has 1 amide bonds. The molecule has 1 saturated heterocycles. The second kappa shape index (κ2) is 6.18. The SMILES string of the molecule is O=C(O)C(=Cc1ccccc1)CC(=O)N1CCCC1. The van der Waals surface area contributed by atoms with E-state index in [1.165, 1.54) is 0 Å². The number of carbonyl (C=O) groups is 2. The van der Waals surface area contributed by atoms with Crippen molar-refractivity contribution in [2.45, 2.75) is 19.3 Å². The Morgan fingerprint density at radius 2 is 1.79 bits per heavy atom. The molecular formula is C15H17NO3. The zero-order valence-corrected chi connectivity index (χ0v) is 10.7. The van der Waals surface area contributed by atoms with Crippen LogP contribution in [0.5, 0.6) is 0 Å². The van der Waals surface area contributed by atoms with Gasteiger partial charge in [-0.3, -0.25) is 4.79 Å². The lowest BCUT2D eigenvalue weighted by molar-refractivity contribution is -0.135. The van der Waals surface area contributed by atoms with E-state index in [4.69, 9.17) is 0 Å². The molecule has 0 aromatic heterocycles. The first kappa shape index (κ1) is 13.3. The van der Waals surface area contributed by atoms with Crippen molar-refractivity contribution in [2.24, 2.45) is 0 Å². The van der Waals surface area contributed by atoms with E-state index in [0.717, 1.165) is 31.5 Å². The van der Waals surface area contributed by atoms with Gasteiger partial charge in [0.25, 0.3) is 0 Å². The summed E-state index contributed by atoms with van der Waals surface area (Å²) in [4.78, 5) is 24.9.